The second kappa shape index (κ2) is 12.6. The molecule has 2 N–H and O–H groups in total. The summed E-state index contributed by atoms with van der Waals surface area (Å²) in [7, 11) is 1.02. The average Bonchev–Trinajstić information content (AvgIpc) is 2.83. The Balaban J connectivity index is 2.56. The molecule has 2 rings (SSSR count). The monoisotopic (exact) mass is 578 g/mol. The molecule has 0 aromatic heterocycles. The Morgan fingerprint density at radius 1 is 0.875 bits per heavy atom. The normalized spacial score (nSPS) is 13.8. The SMILES string of the molecule is COC(=O)[C@H](Cc1ccccc1)N(N[C@@H](Cc1cc(C(F)(F)F)cc(C(F)(F)F)c1)C(=O)O)C(=O)OC(C)(C)C. The van der Waals surface area contributed by atoms with Crippen LogP contribution in [0.4, 0.5) is 31.1 Å². The topological polar surface area (TPSA) is 105 Å². The number of nitrogens with zero attached hydrogens (tertiary/aromatic N) is 1. The lowest BCUT2D eigenvalue weighted by Crippen LogP contribution is -2.60. The average molecular weight is 579 g/mol. The van der Waals surface area contributed by atoms with Crippen LogP contribution < -0.4 is 5.43 Å². The van der Waals surface area contributed by atoms with Crippen LogP contribution in [0.2, 0.25) is 0 Å². The Morgan fingerprint density at radius 3 is 1.82 bits per heavy atom. The summed E-state index contributed by atoms with van der Waals surface area (Å²) in [6.45, 7) is 4.47. The van der Waals surface area contributed by atoms with Gasteiger partial charge in [-0.25, -0.2) is 20.0 Å². The highest BCUT2D eigenvalue weighted by atomic mass is 19.4. The van der Waals surface area contributed by atoms with E-state index in [2.05, 4.69) is 5.43 Å². The zero-order valence-corrected chi connectivity index (χ0v) is 21.9. The molecule has 14 heteroatoms. The van der Waals surface area contributed by atoms with Crippen molar-refractivity contribution in [3.63, 3.8) is 0 Å². The first-order chi connectivity index (χ1) is 18.3. The molecule has 2 atom stereocenters. The molecule has 1 amide bonds. The number of carboxylic acids is 1. The number of aliphatic carboxylic acids is 1. The molecule has 0 aliphatic rings. The number of esters is 1. The van der Waals surface area contributed by atoms with Crippen molar-refractivity contribution in [3.8, 4) is 0 Å². The maximum absolute atomic E-state index is 13.3. The minimum atomic E-state index is -5.16. The van der Waals surface area contributed by atoms with Gasteiger partial charge in [-0.3, -0.25) is 4.79 Å². The molecule has 0 saturated heterocycles. The Labute approximate surface area is 225 Å². The van der Waals surface area contributed by atoms with Gasteiger partial charge in [-0.2, -0.15) is 26.3 Å². The zero-order chi connectivity index (χ0) is 30.5. The highest BCUT2D eigenvalue weighted by Gasteiger charge is 2.39. The lowest BCUT2D eigenvalue weighted by Gasteiger charge is -2.34. The number of alkyl halides is 6. The fourth-order valence-electron chi connectivity index (χ4n) is 3.56. The minimum absolute atomic E-state index is 0.0904. The van der Waals surface area contributed by atoms with E-state index in [1.165, 1.54) is 20.8 Å². The van der Waals surface area contributed by atoms with Crippen LogP contribution in [-0.2, 0) is 44.3 Å². The third-order valence-electron chi connectivity index (χ3n) is 5.33. The molecule has 0 aliphatic carbocycles. The quantitative estimate of drug-likeness (QED) is 0.238. The molecule has 0 spiro atoms. The Kier molecular flexibility index (Phi) is 10.2. The zero-order valence-electron chi connectivity index (χ0n) is 21.9. The van der Waals surface area contributed by atoms with Crippen LogP contribution in [0.25, 0.3) is 0 Å². The summed E-state index contributed by atoms with van der Waals surface area (Å²) in [6.07, 6.45) is -12.7. The van der Waals surface area contributed by atoms with Crippen molar-refractivity contribution in [2.75, 3.05) is 7.11 Å². The number of carbonyl (C=O) groups is 3. The van der Waals surface area contributed by atoms with Gasteiger partial charge in [0.05, 0.1) is 18.2 Å². The van der Waals surface area contributed by atoms with Gasteiger partial charge < -0.3 is 14.6 Å². The summed E-state index contributed by atoms with van der Waals surface area (Å²) in [5.74, 6) is -2.73. The van der Waals surface area contributed by atoms with Gasteiger partial charge in [0.25, 0.3) is 0 Å². The van der Waals surface area contributed by atoms with Crippen LogP contribution in [0, 0.1) is 0 Å². The van der Waals surface area contributed by atoms with Crippen molar-refractivity contribution in [1.29, 1.82) is 0 Å². The Morgan fingerprint density at radius 2 is 1.40 bits per heavy atom. The number of rotatable bonds is 9. The summed E-state index contributed by atoms with van der Waals surface area (Å²) in [5.41, 5.74) is -2.25. The first kappa shape index (κ1) is 32.4. The van der Waals surface area contributed by atoms with Crippen molar-refractivity contribution in [2.45, 2.75) is 63.7 Å². The molecule has 8 nitrogen and oxygen atoms in total. The molecule has 2 aromatic carbocycles. The van der Waals surface area contributed by atoms with Gasteiger partial charge in [-0.15, -0.1) is 0 Å². The number of amides is 1. The molecule has 0 aliphatic heterocycles. The maximum Gasteiger partial charge on any atom is 0.425 e. The standard InChI is InChI=1S/C26H28F6N2O6/c1-24(2,3)40-23(38)34(20(22(37)39-4)13-15-8-6-5-7-9-15)33-19(21(35)36)12-16-10-17(25(27,28)29)14-18(11-16)26(30,31)32/h5-11,14,19-20,33H,12-13H2,1-4H3,(H,35,36)/t19-,20-/m0/s1. The van der Waals surface area contributed by atoms with E-state index in [9.17, 15) is 45.8 Å². The lowest BCUT2D eigenvalue weighted by atomic mass is 9.99. The summed E-state index contributed by atoms with van der Waals surface area (Å²) < 4.78 is 90.0. The predicted octanol–water partition coefficient (Wildman–Crippen LogP) is 5.25. The molecule has 40 heavy (non-hydrogen) atoms. The van der Waals surface area contributed by atoms with Crippen molar-refractivity contribution >= 4 is 18.0 Å². The Bertz CT molecular complexity index is 1160. The number of methoxy groups -OCH3 is 1. The van der Waals surface area contributed by atoms with Gasteiger partial charge in [-0.1, -0.05) is 30.3 Å². The van der Waals surface area contributed by atoms with E-state index in [4.69, 9.17) is 9.47 Å². The van der Waals surface area contributed by atoms with Gasteiger partial charge in [0, 0.05) is 12.8 Å². The number of hydrazine groups is 1. The second-order valence-corrected chi connectivity index (χ2v) is 9.72. The van der Waals surface area contributed by atoms with Crippen LogP contribution in [0.5, 0.6) is 0 Å². The number of carbonyl (C=O) groups excluding carboxylic acids is 2. The van der Waals surface area contributed by atoms with Gasteiger partial charge >= 0.3 is 30.4 Å². The molecule has 0 unspecified atom stereocenters. The van der Waals surface area contributed by atoms with Crippen molar-refractivity contribution in [3.05, 3.63) is 70.8 Å². The smallest absolute Gasteiger partial charge is 0.425 e. The summed E-state index contributed by atoms with van der Waals surface area (Å²) in [4.78, 5) is 38.0. The highest BCUT2D eigenvalue weighted by molar-refractivity contribution is 5.82. The summed E-state index contributed by atoms with van der Waals surface area (Å²) in [6, 6.07) is 5.35. The van der Waals surface area contributed by atoms with Crippen molar-refractivity contribution in [2.24, 2.45) is 0 Å². The van der Waals surface area contributed by atoms with E-state index < -0.39 is 71.2 Å². The number of hydrogen-bond donors (Lipinski definition) is 2. The minimum Gasteiger partial charge on any atom is -0.480 e. The fraction of sp³-hybridized carbons (Fsp3) is 0.423. The van der Waals surface area contributed by atoms with E-state index >= 15 is 0 Å². The molecular weight excluding hydrogens is 550 g/mol. The molecule has 0 bridgehead atoms. The first-order valence-corrected chi connectivity index (χ1v) is 11.7. The van der Waals surface area contributed by atoms with Crippen LogP contribution >= 0.6 is 0 Å². The molecule has 0 radical (unpaired) electrons. The third-order valence-corrected chi connectivity index (χ3v) is 5.33. The van der Waals surface area contributed by atoms with Crippen LogP contribution in [0.3, 0.4) is 0 Å². The molecular formula is C26H28F6N2O6. The number of ether oxygens (including phenoxy) is 2. The molecule has 0 fully saturated rings. The van der Waals surface area contributed by atoms with E-state index in [-0.39, 0.29) is 12.5 Å². The summed E-state index contributed by atoms with van der Waals surface area (Å²) in [5, 5.41) is 10.4. The van der Waals surface area contributed by atoms with Gasteiger partial charge in [0.15, 0.2) is 6.04 Å². The van der Waals surface area contributed by atoms with Crippen molar-refractivity contribution in [1.82, 2.24) is 10.4 Å². The van der Waals surface area contributed by atoms with E-state index in [0.29, 0.717) is 22.7 Å². The third kappa shape index (κ3) is 9.43. The first-order valence-electron chi connectivity index (χ1n) is 11.7. The van der Waals surface area contributed by atoms with Gasteiger partial charge in [0.2, 0.25) is 0 Å². The van der Waals surface area contributed by atoms with Crippen LogP contribution in [0.1, 0.15) is 43.0 Å². The Hall–Kier alpha value is -3.81. The van der Waals surface area contributed by atoms with Crippen LogP contribution in [0.15, 0.2) is 48.5 Å². The van der Waals surface area contributed by atoms with E-state index in [1.807, 2.05) is 0 Å². The summed E-state index contributed by atoms with van der Waals surface area (Å²) >= 11 is 0. The number of benzene rings is 2. The van der Waals surface area contributed by atoms with E-state index in [1.54, 1.807) is 30.3 Å². The highest BCUT2D eigenvalue weighted by Crippen LogP contribution is 2.36. The van der Waals surface area contributed by atoms with Crippen molar-refractivity contribution < 1.29 is 55.3 Å². The molecule has 220 valence electrons. The second-order valence-electron chi connectivity index (χ2n) is 9.72. The van der Waals surface area contributed by atoms with E-state index in [0.717, 1.165) is 7.11 Å². The largest absolute Gasteiger partial charge is 0.480 e. The van der Waals surface area contributed by atoms with Gasteiger partial charge in [0.1, 0.15) is 11.6 Å². The number of hydrogen-bond acceptors (Lipinski definition) is 6. The van der Waals surface area contributed by atoms with Crippen LogP contribution in [-0.4, -0.2) is 52.9 Å². The molecule has 0 heterocycles. The number of nitrogens with one attached hydrogen (secondary N) is 1. The van der Waals surface area contributed by atoms with Gasteiger partial charge in [-0.05, 0) is 50.1 Å². The predicted molar refractivity (Wildman–Crippen MR) is 129 cm³/mol. The number of carboxylic acid groups (broad SMARTS) is 1. The lowest BCUT2D eigenvalue weighted by molar-refractivity contribution is -0.151. The molecule has 0 saturated carbocycles. The number of halogens is 6. The maximum atomic E-state index is 13.3. The fourth-order valence-corrected chi connectivity index (χ4v) is 3.56. The molecule has 2 aromatic rings.